The van der Waals surface area contributed by atoms with Crippen LogP contribution in [0.1, 0.15) is 30.7 Å². The first-order valence-corrected chi connectivity index (χ1v) is 13.7. The fourth-order valence-corrected chi connectivity index (χ4v) is 5.37. The van der Waals surface area contributed by atoms with Crippen molar-refractivity contribution in [2.75, 3.05) is 0 Å². The molecule has 0 bridgehead atoms. The van der Waals surface area contributed by atoms with E-state index in [0.717, 1.165) is 53.0 Å². The number of halogens is 1. The van der Waals surface area contributed by atoms with Gasteiger partial charge in [-0.15, -0.1) is 0 Å². The Morgan fingerprint density at radius 1 is 0.912 bits per heavy atom. The maximum Gasteiger partial charge on any atom is 0.261 e. The second-order valence-corrected chi connectivity index (χ2v) is 11.1. The molecule has 1 aliphatic rings. The van der Waals surface area contributed by atoms with E-state index in [9.17, 15) is 8.42 Å². The van der Waals surface area contributed by atoms with Crippen LogP contribution in [-0.2, 0) is 15.5 Å². The maximum absolute atomic E-state index is 11.8. The zero-order chi connectivity index (χ0) is 23.5. The summed E-state index contributed by atoms with van der Waals surface area (Å²) in [6.07, 6.45) is 5.92. The summed E-state index contributed by atoms with van der Waals surface area (Å²) in [5.74, 6) is 1.55. The predicted octanol–water partition coefficient (Wildman–Crippen LogP) is 7.36. The molecule has 1 unspecified atom stereocenters. The fraction of sp³-hybridized carbons (Fsp3) is 0.179. The van der Waals surface area contributed by atoms with Gasteiger partial charge in [-0.25, -0.2) is 13.4 Å². The lowest BCUT2D eigenvalue weighted by Gasteiger charge is -2.22. The summed E-state index contributed by atoms with van der Waals surface area (Å²) in [5, 5.41) is 0. The molecule has 4 aromatic rings. The number of rotatable bonds is 6. The summed E-state index contributed by atoms with van der Waals surface area (Å²) in [7, 11) is 1.80. The van der Waals surface area contributed by atoms with Crippen LogP contribution in [0.2, 0.25) is 0 Å². The number of aromatic nitrogens is 1. The molecule has 6 heteroatoms. The fourth-order valence-electron chi connectivity index (χ4n) is 4.55. The molecule has 4 nitrogen and oxygen atoms in total. The number of benzene rings is 3. The number of oxazole rings is 1. The van der Waals surface area contributed by atoms with Gasteiger partial charge in [0.15, 0.2) is 5.76 Å². The van der Waals surface area contributed by atoms with Crippen molar-refractivity contribution in [2.45, 2.75) is 30.6 Å². The third-order valence-corrected chi connectivity index (χ3v) is 7.53. The molecular formula is C28H24ClNO3S. The molecule has 3 aromatic carbocycles. The molecule has 0 spiro atoms. The molecule has 0 saturated carbocycles. The van der Waals surface area contributed by atoms with Gasteiger partial charge in [0, 0.05) is 27.4 Å². The van der Waals surface area contributed by atoms with Gasteiger partial charge in [-0.1, -0.05) is 78.9 Å². The molecule has 34 heavy (non-hydrogen) atoms. The topological polar surface area (TPSA) is 60.2 Å². The van der Waals surface area contributed by atoms with Gasteiger partial charge in [-0.3, -0.25) is 0 Å². The van der Waals surface area contributed by atoms with Crippen LogP contribution in [0.5, 0.6) is 0 Å². The summed E-state index contributed by atoms with van der Waals surface area (Å²) in [6.45, 7) is 0. The van der Waals surface area contributed by atoms with Crippen LogP contribution in [0.25, 0.3) is 28.2 Å². The van der Waals surface area contributed by atoms with Crippen LogP contribution in [0.4, 0.5) is 0 Å². The van der Waals surface area contributed by atoms with E-state index < -0.39 is 9.05 Å². The van der Waals surface area contributed by atoms with Crippen molar-refractivity contribution in [2.24, 2.45) is 5.92 Å². The van der Waals surface area contributed by atoms with E-state index in [2.05, 4.69) is 6.08 Å². The average Bonchev–Trinajstić information content (AvgIpc) is 3.31. The first-order chi connectivity index (χ1) is 16.5. The highest BCUT2D eigenvalue weighted by atomic mass is 35.7. The zero-order valence-electron chi connectivity index (χ0n) is 18.5. The molecule has 0 aliphatic heterocycles. The molecule has 1 aliphatic carbocycles. The summed E-state index contributed by atoms with van der Waals surface area (Å²) in [4.78, 5) is 5.10. The average molecular weight is 490 g/mol. The van der Waals surface area contributed by atoms with E-state index in [1.54, 1.807) is 12.1 Å². The first-order valence-electron chi connectivity index (χ1n) is 11.3. The highest BCUT2D eigenvalue weighted by molar-refractivity contribution is 8.13. The van der Waals surface area contributed by atoms with Crippen molar-refractivity contribution < 1.29 is 12.8 Å². The highest BCUT2D eigenvalue weighted by Gasteiger charge is 2.26. The Bertz CT molecular complexity index is 1370. The maximum atomic E-state index is 11.8. The number of hydrogen-bond donors (Lipinski definition) is 0. The normalized spacial score (nSPS) is 16.3. The van der Waals surface area contributed by atoms with Crippen LogP contribution in [0, 0.1) is 5.92 Å². The molecule has 1 heterocycles. The van der Waals surface area contributed by atoms with Crippen LogP contribution in [0.3, 0.4) is 0 Å². The number of allylic oxidation sites excluding steroid dienone is 2. The van der Waals surface area contributed by atoms with Crippen molar-refractivity contribution in [3.05, 3.63) is 102 Å². The molecule has 0 amide bonds. The molecular weight excluding hydrogens is 466 g/mol. The SMILES string of the molecule is O=S(=O)(Cl)c1cccc(CC2CCCC=C2c2nc(-c3ccccc3)c(-c3ccccc3)o2)c1. The van der Waals surface area contributed by atoms with Gasteiger partial charge >= 0.3 is 0 Å². The summed E-state index contributed by atoms with van der Waals surface area (Å²) in [5.41, 5.74) is 4.81. The van der Waals surface area contributed by atoms with E-state index in [0.29, 0.717) is 12.3 Å². The molecule has 0 saturated heterocycles. The highest BCUT2D eigenvalue weighted by Crippen LogP contribution is 2.40. The van der Waals surface area contributed by atoms with Gasteiger partial charge in [-0.05, 0) is 49.3 Å². The molecule has 0 radical (unpaired) electrons. The lowest BCUT2D eigenvalue weighted by atomic mass is 9.83. The van der Waals surface area contributed by atoms with Gasteiger partial charge in [0.1, 0.15) is 5.69 Å². The zero-order valence-corrected chi connectivity index (χ0v) is 20.1. The molecule has 0 fully saturated rings. The van der Waals surface area contributed by atoms with Crippen molar-refractivity contribution in [3.8, 4) is 22.6 Å². The van der Waals surface area contributed by atoms with E-state index >= 15 is 0 Å². The quantitative estimate of drug-likeness (QED) is 0.265. The second kappa shape index (κ2) is 9.61. The second-order valence-electron chi connectivity index (χ2n) is 8.51. The Morgan fingerprint density at radius 3 is 2.32 bits per heavy atom. The summed E-state index contributed by atoms with van der Waals surface area (Å²) >= 11 is 0. The van der Waals surface area contributed by atoms with E-state index in [4.69, 9.17) is 20.1 Å². The Labute approximate surface area is 204 Å². The minimum atomic E-state index is -3.77. The Morgan fingerprint density at radius 2 is 1.62 bits per heavy atom. The Hall–Kier alpha value is -3.15. The van der Waals surface area contributed by atoms with Crippen molar-refractivity contribution in [1.29, 1.82) is 0 Å². The van der Waals surface area contributed by atoms with Crippen molar-refractivity contribution >= 4 is 25.3 Å². The lowest BCUT2D eigenvalue weighted by Crippen LogP contribution is -2.11. The summed E-state index contributed by atoms with van der Waals surface area (Å²) < 4.78 is 30.0. The minimum Gasteiger partial charge on any atom is -0.436 e. The lowest BCUT2D eigenvalue weighted by molar-refractivity contribution is 0.504. The van der Waals surface area contributed by atoms with E-state index in [1.165, 1.54) is 6.07 Å². The standard InChI is InChI=1S/C28H24ClNO3S/c29-34(31,32)24-16-9-10-20(19-24)18-23-15-7-8-17-25(23)28-30-26(21-11-3-1-4-12-21)27(33-28)22-13-5-2-6-14-22/h1-6,9-14,16-17,19,23H,7-8,15,18H2. The van der Waals surface area contributed by atoms with E-state index in [1.807, 2.05) is 66.7 Å². The van der Waals surface area contributed by atoms with E-state index in [-0.39, 0.29) is 10.8 Å². The van der Waals surface area contributed by atoms with Gasteiger partial charge in [0.25, 0.3) is 9.05 Å². The van der Waals surface area contributed by atoms with Gasteiger partial charge in [0.05, 0.1) is 4.90 Å². The first kappa shape index (κ1) is 22.6. The number of hydrogen-bond acceptors (Lipinski definition) is 4. The van der Waals surface area contributed by atoms with Crippen LogP contribution >= 0.6 is 10.7 Å². The van der Waals surface area contributed by atoms with Crippen molar-refractivity contribution in [1.82, 2.24) is 4.98 Å². The van der Waals surface area contributed by atoms with Crippen LogP contribution in [-0.4, -0.2) is 13.4 Å². The smallest absolute Gasteiger partial charge is 0.261 e. The van der Waals surface area contributed by atoms with Crippen LogP contribution < -0.4 is 0 Å². The monoisotopic (exact) mass is 489 g/mol. The molecule has 172 valence electrons. The van der Waals surface area contributed by atoms with Gasteiger partial charge in [-0.2, -0.15) is 0 Å². The molecule has 1 aromatic heterocycles. The predicted molar refractivity (Wildman–Crippen MR) is 136 cm³/mol. The molecule has 0 N–H and O–H groups in total. The third kappa shape index (κ3) is 4.86. The Balaban J connectivity index is 1.53. The van der Waals surface area contributed by atoms with Gasteiger partial charge in [0.2, 0.25) is 5.89 Å². The van der Waals surface area contributed by atoms with Crippen LogP contribution in [0.15, 0.2) is 100 Å². The minimum absolute atomic E-state index is 0.127. The largest absolute Gasteiger partial charge is 0.436 e. The summed E-state index contributed by atoms with van der Waals surface area (Å²) in [6, 6.07) is 27.0. The van der Waals surface area contributed by atoms with Gasteiger partial charge < -0.3 is 4.42 Å². The third-order valence-electron chi connectivity index (χ3n) is 6.18. The number of nitrogens with zero attached hydrogens (tertiary/aromatic N) is 1. The van der Waals surface area contributed by atoms with Crippen molar-refractivity contribution in [3.63, 3.8) is 0 Å². The molecule has 1 atom stereocenters. The Kier molecular flexibility index (Phi) is 6.40. The molecule has 5 rings (SSSR count).